The van der Waals surface area contributed by atoms with Gasteiger partial charge in [-0.2, -0.15) is 0 Å². The number of benzene rings is 2. The average Bonchev–Trinajstić information content (AvgIpc) is 3.52. The number of hydrogen-bond donors (Lipinski definition) is 0. The van der Waals surface area contributed by atoms with Crippen LogP contribution >= 0.6 is 0 Å². The fourth-order valence-corrected chi connectivity index (χ4v) is 8.82. The summed E-state index contributed by atoms with van der Waals surface area (Å²) in [5, 5.41) is 0. The van der Waals surface area contributed by atoms with Gasteiger partial charge in [0.15, 0.2) is 18.1 Å². The molecule has 0 saturated heterocycles. The lowest BCUT2D eigenvalue weighted by Crippen LogP contribution is -2.57. The highest BCUT2D eigenvalue weighted by atomic mass is 16.7. The molecule has 0 N–H and O–H groups in total. The summed E-state index contributed by atoms with van der Waals surface area (Å²) in [5.41, 5.74) is 7.14. The second kappa shape index (κ2) is 9.50. The van der Waals surface area contributed by atoms with E-state index in [1.165, 1.54) is 23.1 Å². The molecule has 3 aromatic rings. The molecule has 0 amide bonds. The summed E-state index contributed by atoms with van der Waals surface area (Å²) in [6, 6.07) is 14.7. The Kier molecular flexibility index (Phi) is 6.11. The first-order chi connectivity index (χ1) is 19.6. The highest BCUT2D eigenvalue weighted by Gasteiger charge is 2.61. The molecule has 2 atom stereocenters. The predicted octanol–water partition coefficient (Wildman–Crippen LogP) is 6.76. The van der Waals surface area contributed by atoms with E-state index in [1.807, 2.05) is 38.1 Å². The summed E-state index contributed by atoms with van der Waals surface area (Å²) in [6.45, 7) is 8.96. The Hall–Kier alpha value is -3.54. The van der Waals surface area contributed by atoms with Crippen molar-refractivity contribution in [3.63, 3.8) is 0 Å². The first-order valence-electron chi connectivity index (χ1n) is 15.0. The Balaban J connectivity index is 1.06. The number of esters is 1. The number of aromatic nitrogens is 1. The third-order valence-corrected chi connectivity index (χ3v) is 10.6. The van der Waals surface area contributed by atoms with Crippen LogP contribution in [0.5, 0.6) is 11.5 Å². The Morgan fingerprint density at radius 2 is 1.66 bits per heavy atom. The number of ether oxygens (including phenoxy) is 3. The Bertz CT molecular complexity index is 1550. The van der Waals surface area contributed by atoms with Gasteiger partial charge in [0.2, 0.25) is 12.6 Å². The maximum atomic E-state index is 13.8. The van der Waals surface area contributed by atoms with E-state index in [4.69, 9.17) is 14.2 Å². The number of hydrogen-bond acceptors (Lipinski definition) is 5. The number of nitrogens with zero attached hydrogens (tertiary/aromatic N) is 1. The lowest BCUT2D eigenvalue weighted by atomic mass is 9.43. The smallest absolute Gasteiger partial charge is 0.312 e. The Morgan fingerprint density at radius 3 is 2.41 bits per heavy atom. The van der Waals surface area contributed by atoms with Crippen LogP contribution in [0.25, 0.3) is 0 Å². The first kappa shape index (κ1) is 26.4. The summed E-state index contributed by atoms with van der Waals surface area (Å²) >= 11 is 0. The molecule has 4 saturated carbocycles. The minimum Gasteiger partial charge on any atom is -0.457 e. The minimum absolute atomic E-state index is 0.0468. The standard InChI is InChI=1S/C35H39NO5/c1-21-5-7-28(9-22(21)2)34-13-26-11-27(14-34)16-35(15-26,19-34)33(38)39-18-30(37)29-10-23(3)36(24(29)4)17-25-6-8-31-32(12-25)41-20-40-31/h5-10,12,26-27H,11,13-20H2,1-4H3/t26-,27-,34?,35?/m0/s1. The highest BCUT2D eigenvalue weighted by molar-refractivity contribution is 5.99. The quantitative estimate of drug-likeness (QED) is 0.239. The zero-order valence-electron chi connectivity index (χ0n) is 24.5. The van der Waals surface area contributed by atoms with Crippen molar-refractivity contribution in [3.8, 4) is 11.5 Å². The molecule has 1 aromatic heterocycles. The predicted molar refractivity (Wildman–Crippen MR) is 156 cm³/mol. The Morgan fingerprint density at radius 1 is 0.902 bits per heavy atom. The van der Waals surface area contributed by atoms with Crippen molar-refractivity contribution in [2.45, 2.75) is 78.2 Å². The Labute approximate surface area is 242 Å². The third kappa shape index (κ3) is 4.38. The molecular formula is C35H39NO5. The number of Topliss-reactive ketones (excluding diaryl/α,β-unsaturated/α-hetero) is 1. The SMILES string of the molecule is Cc1ccc(C23C[C@@H]4C[C@H](CC(C(=O)OCC(=O)c5cc(C)n(Cc6ccc7c(c6)OCO7)c5C)(C4)C2)C3)cc1C. The molecular weight excluding hydrogens is 514 g/mol. The monoisotopic (exact) mass is 553 g/mol. The number of carbonyl (C=O) groups is 2. The molecule has 2 heterocycles. The van der Waals surface area contributed by atoms with Crippen molar-refractivity contribution >= 4 is 11.8 Å². The highest BCUT2D eigenvalue weighted by Crippen LogP contribution is 2.66. The van der Waals surface area contributed by atoms with E-state index in [0.717, 1.165) is 60.6 Å². The van der Waals surface area contributed by atoms with Crippen LogP contribution in [-0.2, 0) is 21.5 Å². The fourth-order valence-electron chi connectivity index (χ4n) is 8.82. The van der Waals surface area contributed by atoms with Crippen molar-refractivity contribution in [1.82, 2.24) is 4.57 Å². The number of ketones is 1. The van der Waals surface area contributed by atoms with E-state index in [2.05, 4.69) is 36.6 Å². The molecule has 6 heteroatoms. The van der Waals surface area contributed by atoms with E-state index in [9.17, 15) is 9.59 Å². The van der Waals surface area contributed by atoms with Crippen LogP contribution in [-0.4, -0.2) is 29.7 Å². The molecule has 1 aliphatic heterocycles. The molecule has 0 spiro atoms. The zero-order chi connectivity index (χ0) is 28.5. The number of carbonyl (C=O) groups excluding carboxylic acids is 2. The van der Waals surface area contributed by atoms with Crippen LogP contribution < -0.4 is 9.47 Å². The molecule has 5 aliphatic rings. The van der Waals surface area contributed by atoms with Gasteiger partial charge < -0.3 is 18.8 Å². The first-order valence-corrected chi connectivity index (χ1v) is 15.0. The maximum absolute atomic E-state index is 13.8. The van der Waals surface area contributed by atoms with Crippen LogP contribution in [0.3, 0.4) is 0 Å². The van der Waals surface area contributed by atoms with Gasteiger partial charge >= 0.3 is 5.97 Å². The number of fused-ring (bicyclic) bond motifs is 1. The molecule has 4 fully saturated rings. The largest absolute Gasteiger partial charge is 0.457 e. The van der Waals surface area contributed by atoms with Crippen molar-refractivity contribution in [3.05, 3.63) is 81.7 Å². The van der Waals surface area contributed by atoms with Gasteiger partial charge in [-0.1, -0.05) is 24.3 Å². The molecule has 4 aliphatic carbocycles. The molecule has 4 bridgehead atoms. The summed E-state index contributed by atoms with van der Waals surface area (Å²) in [4.78, 5) is 27.2. The summed E-state index contributed by atoms with van der Waals surface area (Å²) in [7, 11) is 0. The van der Waals surface area contributed by atoms with Crippen molar-refractivity contribution in [2.75, 3.05) is 13.4 Å². The van der Waals surface area contributed by atoms with E-state index < -0.39 is 5.41 Å². The minimum atomic E-state index is -0.473. The fraction of sp³-hybridized carbons (Fsp3) is 0.486. The van der Waals surface area contributed by atoms with Gasteiger partial charge in [-0.3, -0.25) is 9.59 Å². The average molecular weight is 554 g/mol. The second-order valence-corrected chi connectivity index (χ2v) is 13.4. The van der Waals surface area contributed by atoms with Crippen LogP contribution in [0.4, 0.5) is 0 Å². The summed E-state index contributed by atoms with van der Waals surface area (Å²) in [6.07, 6.45) is 6.17. The van der Waals surface area contributed by atoms with Gasteiger partial charge in [-0.15, -0.1) is 0 Å². The molecule has 41 heavy (non-hydrogen) atoms. The van der Waals surface area contributed by atoms with Crippen molar-refractivity contribution in [2.24, 2.45) is 17.3 Å². The van der Waals surface area contributed by atoms with Crippen LogP contribution in [0.2, 0.25) is 0 Å². The van der Waals surface area contributed by atoms with E-state index in [0.29, 0.717) is 23.9 Å². The van der Waals surface area contributed by atoms with Crippen LogP contribution in [0.15, 0.2) is 42.5 Å². The topological polar surface area (TPSA) is 66.8 Å². The summed E-state index contributed by atoms with van der Waals surface area (Å²) < 4.78 is 19.0. The van der Waals surface area contributed by atoms with Crippen LogP contribution in [0.1, 0.15) is 82.5 Å². The zero-order valence-corrected chi connectivity index (χ0v) is 24.5. The van der Waals surface area contributed by atoms with Crippen molar-refractivity contribution in [1.29, 1.82) is 0 Å². The molecule has 0 unspecified atom stereocenters. The van der Waals surface area contributed by atoms with E-state index >= 15 is 0 Å². The molecule has 0 radical (unpaired) electrons. The van der Waals surface area contributed by atoms with Gasteiger partial charge in [0.1, 0.15) is 0 Å². The van der Waals surface area contributed by atoms with Gasteiger partial charge in [0, 0.05) is 23.5 Å². The van der Waals surface area contributed by atoms with Gasteiger partial charge in [-0.25, -0.2) is 0 Å². The second-order valence-electron chi connectivity index (χ2n) is 13.4. The van der Waals surface area contributed by atoms with E-state index in [-0.39, 0.29) is 30.6 Å². The van der Waals surface area contributed by atoms with Gasteiger partial charge in [0.05, 0.1) is 5.41 Å². The van der Waals surface area contributed by atoms with Gasteiger partial charge in [0.25, 0.3) is 0 Å². The van der Waals surface area contributed by atoms with E-state index in [1.54, 1.807) is 0 Å². The van der Waals surface area contributed by atoms with Gasteiger partial charge in [-0.05, 0) is 124 Å². The molecule has 6 nitrogen and oxygen atoms in total. The molecule has 8 rings (SSSR count). The third-order valence-electron chi connectivity index (χ3n) is 10.6. The van der Waals surface area contributed by atoms with Crippen LogP contribution in [0, 0.1) is 44.9 Å². The normalized spacial score (nSPS) is 27.3. The maximum Gasteiger partial charge on any atom is 0.312 e. The molecule has 2 aromatic carbocycles. The number of aryl methyl sites for hydroxylation is 3. The van der Waals surface area contributed by atoms with Crippen molar-refractivity contribution < 1.29 is 23.8 Å². The summed E-state index contributed by atoms with van der Waals surface area (Å²) in [5.74, 6) is 2.30. The lowest BCUT2D eigenvalue weighted by molar-refractivity contribution is -0.172. The lowest BCUT2D eigenvalue weighted by Gasteiger charge is -2.61. The number of rotatable bonds is 7. The molecule has 214 valence electrons.